The number of hydrogen-bond acceptors (Lipinski definition) is 8. The van der Waals surface area contributed by atoms with Gasteiger partial charge >= 0.3 is 0 Å². The van der Waals surface area contributed by atoms with E-state index in [1.165, 1.54) is 4.90 Å². The molecule has 0 unspecified atom stereocenters. The Bertz CT molecular complexity index is 1100. The molecule has 32 heavy (non-hydrogen) atoms. The van der Waals surface area contributed by atoms with Gasteiger partial charge in [-0.1, -0.05) is 33.8 Å². The van der Waals surface area contributed by atoms with Gasteiger partial charge in [0.25, 0.3) is 5.91 Å². The number of aromatic hydroxyl groups is 1. The van der Waals surface area contributed by atoms with Crippen LogP contribution < -0.4 is 10.6 Å². The van der Waals surface area contributed by atoms with Crippen LogP contribution in [0.2, 0.25) is 0 Å². The molecule has 2 heterocycles. The zero-order valence-corrected chi connectivity index (χ0v) is 20.4. The molecule has 1 atom stereocenters. The minimum atomic E-state index is -0.251. The molecule has 0 saturated heterocycles. The van der Waals surface area contributed by atoms with Crippen LogP contribution in [0.5, 0.6) is 5.75 Å². The Morgan fingerprint density at radius 3 is 2.50 bits per heavy atom. The van der Waals surface area contributed by atoms with Crippen molar-refractivity contribution in [2.45, 2.75) is 47.1 Å². The van der Waals surface area contributed by atoms with Crippen molar-refractivity contribution in [1.29, 1.82) is 0 Å². The van der Waals surface area contributed by atoms with Crippen molar-refractivity contribution < 1.29 is 14.3 Å². The average molecular weight is 458 g/mol. The lowest BCUT2D eigenvalue weighted by molar-refractivity contribution is 0.0823. The van der Waals surface area contributed by atoms with E-state index in [-0.39, 0.29) is 23.1 Å². The van der Waals surface area contributed by atoms with E-state index in [0.717, 1.165) is 28.6 Å². The second kappa shape index (κ2) is 9.20. The van der Waals surface area contributed by atoms with Crippen LogP contribution in [-0.4, -0.2) is 38.8 Å². The lowest BCUT2D eigenvalue weighted by atomic mass is 9.85. The Kier molecular flexibility index (Phi) is 6.78. The summed E-state index contributed by atoms with van der Waals surface area (Å²) in [7, 11) is 3.33. The molecule has 0 radical (unpaired) electrons. The van der Waals surface area contributed by atoms with Crippen molar-refractivity contribution in [2.75, 3.05) is 24.7 Å². The quantitative estimate of drug-likeness (QED) is 0.411. The average Bonchev–Trinajstić information content (AvgIpc) is 3.34. The summed E-state index contributed by atoms with van der Waals surface area (Å²) in [5.74, 6) is 1.47. The van der Waals surface area contributed by atoms with Gasteiger partial charge in [-0.25, -0.2) is 0 Å². The number of benzene rings is 1. The minimum absolute atomic E-state index is 0.101. The van der Waals surface area contributed by atoms with Crippen molar-refractivity contribution in [3.8, 4) is 5.75 Å². The SMILES string of the molecule is CCc1ccc(Nc2nsnc2N[C@@H](c2cc(C)co2)C(C)(C)C)c(O)c1C(=O)N(C)C. The summed E-state index contributed by atoms with van der Waals surface area (Å²) in [6.07, 6.45) is 2.36. The number of carbonyl (C=O) groups is 1. The van der Waals surface area contributed by atoms with Crippen molar-refractivity contribution in [3.05, 3.63) is 46.9 Å². The number of aromatic nitrogens is 2. The van der Waals surface area contributed by atoms with Crippen molar-refractivity contribution in [3.63, 3.8) is 0 Å². The normalized spacial score (nSPS) is 12.5. The predicted octanol–water partition coefficient (Wildman–Crippen LogP) is 5.35. The van der Waals surface area contributed by atoms with Gasteiger partial charge in [-0.15, -0.1) is 0 Å². The van der Waals surface area contributed by atoms with Gasteiger partial charge in [-0.3, -0.25) is 4.79 Å². The Morgan fingerprint density at radius 1 is 1.25 bits per heavy atom. The van der Waals surface area contributed by atoms with Gasteiger partial charge in [0.2, 0.25) is 0 Å². The second-order valence-electron chi connectivity index (χ2n) is 9.11. The highest BCUT2D eigenvalue weighted by atomic mass is 32.1. The number of nitrogens with zero attached hydrogens (tertiary/aromatic N) is 3. The smallest absolute Gasteiger partial charge is 0.257 e. The zero-order valence-electron chi connectivity index (χ0n) is 19.6. The molecule has 0 aliphatic rings. The van der Waals surface area contributed by atoms with Crippen LogP contribution in [0.15, 0.2) is 28.9 Å². The first-order chi connectivity index (χ1) is 15.0. The highest BCUT2D eigenvalue weighted by molar-refractivity contribution is 6.99. The molecule has 0 saturated carbocycles. The maximum atomic E-state index is 12.7. The molecule has 3 N–H and O–H groups in total. The molecule has 1 amide bonds. The lowest BCUT2D eigenvalue weighted by Gasteiger charge is -2.30. The number of hydrogen-bond donors (Lipinski definition) is 3. The van der Waals surface area contributed by atoms with Gasteiger partial charge in [0.1, 0.15) is 5.76 Å². The van der Waals surface area contributed by atoms with Gasteiger partial charge < -0.3 is 25.1 Å². The van der Waals surface area contributed by atoms with Crippen LogP contribution in [0.25, 0.3) is 0 Å². The van der Waals surface area contributed by atoms with E-state index in [1.807, 2.05) is 26.0 Å². The predicted molar refractivity (Wildman–Crippen MR) is 128 cm³/mol. The van der Waals surface area contributed by atoms with Crippen LogP contribution in [0, 0.1) is 12.3 Å². The third-order valence-corrected chi connectivity index (χ3v) is 5.72. The summed E-state index contributed by atoms with van der Waals surface area (Å²) >= 11 is 1.05. The monoisotopic (exact) mass is 457 g/mol. The third kappa shape index (κ3) is 4.88. The van der Waals surface area contributed by atoms with Crippen LogP contribution in [0.3, 0.4) is 0 Å². The summed E-state index contributed by atoms with van der Waals surface area (Å²) in [4.78, 5) is 14.1. The van der Waals surface area contributed by atoms with E-state index in [1.54, 1.807) is 26.4 Å². The lowest BCUT2D eigenvalue weighted by Crippen LogP contribution is -2.26. The van der Waals surface area contributed by atoms with Gasteiger partial charge in [0, 0.05) is 14.1 Å². The van der Waals surface area contributed by atoms with E-state index in [9.17, 15) is 9.90 Å². The fraction of sp³-hybridized carbons (Fsp3) is 0.435. The summed E-state index contributed by atoms with van der Waals surface area (Å²) in [6.45, 7) is 10.3. The number of amides is 1. The largest absolute Gasteiger partial charge is 0.505 e. The molecule has 3 aromatic rings. The van der Waals surface area contributed by atoms with E-state index >= 15 is 0 Å². The first-order valence-corrected chi connectivity index (χ1v) is 11.2. The van der Waals surface area contributed by atoms with Gasteiger partial charge in [0.15, 0.2) is 17.4 Å². The van der Waals surface area contributed by atoms with E-state index in [2.05, 4.69) is 40.2 Å². The molecule has 0 aliphatic heterocycles. The number of anilines is 3. The molecule has 172 valence electrons. The molecular formula is C23H31N5O3S. The first kappa shape index (κ1) is 23.6. The third-order valence-electron chi connectivity index (χ3n) is 5.19. The zero-order chi connectivity index (χ0) is 23.6. The molecular weight excluding hydrogens is 426 g/mol. The van der Waals surface area contributed by atoms with Gasteiger partial charge in [-0.05, 0) is 42.0 Å². The van der Waals surface area contributed by atoms with Crippen molar-refractivity contribution in [2.24, 2.45) is 5.41 Å². The second-order valence-corrected chi connectivity index (χ2v) is 9.63. The molecule has 0 spiro atoms. The molecule has 0 bridgehead atoms. The maximum absolute atomic E-state index is 12.7. The molecule has 3 rings (SSSR count). The summed E-state index contributed by atoms with van der Waals surface area (Å²) in [5, 5.41) is 17.5. The summed E-state index contributed by atoms with van der Waals surface area (Å²) in [5.41, 5.74) is 2.34. The fourth-order valence-electron chi connectivity index (χ4n) is 3.44. The van der Waals surface area contributed by atoms with E-state index < -0.39 is 0 Å². The molecule has 2 aromatic heterocycles. The van der Waals surface area contributed by atoms with E-state index in [0.29, 0.717) is 29.3 Å². The number of carbonyl (C=O) groups excluding carboxylic acids is 1. The van der Waals surface area contributed by atoms with Crippen molar-refractivity contribution in [1.82, 2.24) is 13.6 Å². The van der Waals surface area contributed by atoms with Gasteiger partial charge in [-0.2, -0.15) is 8.75 Å². The number of furan rings is 1. The van der Waals surface area contributed by atoms with Crippen LogP contribution in [0.4, 0.5) is 17.3 Å². The number of nitrogens with one attached hydrogen (secondary N) is 2. The molecule has 8 nitrogen and oxygen atoms in total. The molecule has 0 fully saturated rings. The highest BCUT2D eigenvalue weighted by Crippen LogP contribution is 2.39. The summed E-state index contributed by atoms with van der Waals surface area (Å²) in [6, 6.07) is 5.45. The van der Waals surface area contributed by atoms with Crippen molar-refractivity contribution >= 4 is 35.0 Å². The number of phenolic OH excluding ortho intramolecular Hbond substituents is 1. The Morgan fingerprint density at radius 2 is 1.94 bits per heavy atom. The Hall–Kier alpha value is -3.07. The first-order valence-electron chi connectivity index (χ1n) is 10.5. The van der Waals surface area contributed by atoms with Crippen LogP contribution >= 0.6 is 11.7 Å². The maximum Gasteiger partial charge on any atom is 0.257 e. The minimum Gasteiger partial charge on any atom is -0.505 e. The summed E-state index contributed by atoms with van der Waals surface area (Å²) < 4.78 is 14.5. The Balaban J connectivity index is 1.94. The van der Waals surface area contributed by atoms with Crippen LogP contribution in [0.1, 0.15) is 61.0 Å². The van der Waals surface area contributed by atoms with Crippen LogP contribution in [-0.2, 0) is 6.42 Å². The van der Waals surface area contributed by atoms with Gasteiger partial charge in [0.05, 0.1) is 35.3 Å². The fourth-order valence-corrected chi connectivity index (χ4v) is 3.91. The molecule has 9 heteroatoms. The molecule has 0 aliphatic carbocycles. The number of rotatable bonds is 7. The number of aryl methyl sites for hydroxylation is 2. The Labute approximate surface area is 193 Å². The standard InChI is InChI=1S/C23H31N5O3S/c1-8-14-9-10-15(18(29)17(14)22(30)28(6)7)24-20-21(27-32-26-20)25-19(23(3,4)5)16-11-13(2)12-31-16/h9-12,19,29H,8H2,1-7H3,(H,24,26)(H,25,27)/t19-/m0/s1. The molecule has 1 aromatic carbocycles. The number of phenols is 1. The topological polar surface area (TPSA) is 104 Å². The van der Waals surface area contributed by atoms with E-state index in [4.69, 9.17) is 4.42 Å². The highest BCUT2D eigenvalue weighted by Gasteiger charge is 2.31.